The second-order valence-corrected chi connectivity index (χ2v) is 9.04. The monoisotopic (exact) mass is 498 g/mol. The Balaban J connectivity index is 1.54. The van der Waals surface area contributed by atoms with Gasteiger partial charge in [-0.05, 0) is 19.8 Å². The number of esters is 1. The van der Waals surface area contributed by atoms with E-state index in [9.17, 15) is 24.6 Å². The largest absolute Gasteiger partial charge is 0.466 e. The molecule has 0 aromatic carbocycles. The lowest BCUT2D eigenvalue weighted by Crippen LogP contribution is -2.39. The minimum Gasteiger partial charge on any atom is -0.466 e. The Morgan fingerprint density at radius 3 is 2.20 bits per heavy atom. The van der Waals surface area contributed by atoms with E-state index in [0.29, 0.717) is 19.6 Å². The summed E-state index contributed by atoms with van der Waals surface area (Å²) in [7, 11) is 0. The Morgan fingerprint density at radius 1 is 1.03 bits per heavy atom. The fourth-order valence-corrected chi connectivity index (χ4v) is 4.32. The standard InChI is InChI=1S/C25H42N2O8/c1-2-33-21(30)14-12-10-8-6-4-3-5-7-9-11-13-17-34-23-22(31)19(18-28)35-24(23)27-16-15-20(29)26-25(27)32/h15-16,19,22-24,28,31H,2-14,17-18H2,1H3,(H,26,29,32). The molecule has 200 valence electrons. The van der Waals surface area contributed by atoms with Crippen molar-refractivity contribution in [3.63, 3.8) is 0 Å². The molecule has 2 rings (SSSR count). The van der Waals surface area contributed by atoms with Crippen molar-refractivity contribution in [2.45, 2.75) is 109 Å². The molecule has 4 unspecified atom stereocenters. The van der Waals surface area contributed by atoms with Crippen LogP contribution in [-0.2, 0) is 19.0 Å². The molecular formula is C25H42N2O8. The van der Waals surface area contributed by atoms with Crippen LogP contribution >= 0.6 is 0 Å². The number of aromatic amines is 1. The normalized spacial score (nSPS) is 21.9. The molecular weight excluding hydrogens is 456 g/mol. The number of hydrogen-bond donors (Lipinski definition) is 3. The summed E-state index contributed by atoms with van der Waals surface area (Å²) in [5, 5.41) is 19.9. The molecule has 1 saturated heterocycles. The van der Waals surface area contributed by atoms with E-state index in [1.54, 1.807) is 0 Å². The predicted molar refractivity (Wildman–Crippen MR) is 130 cm³/mol. The topological polar surface area (TPSA) is 140 Å². The van der Waals surface area contributed by atoms with Crippen LogP contribution in [0.2, 0.25) is 0 Å². The summed E-state index contributed by atoms with van der Waals surface area (Å²) in [5.41, 5.74) is -1.18. The van der Waals surface area contributed by atoms with E-state index in [2.05, 4.69) is 4.98 Å². The molecule has 1 aromatic heterocycles. The molecule has 35 heavy (non-hydrogen) atoms. The summed E-state index contributed by atoms with van der Waals surface area (Å²) in [6, 6.07) is 1.20. The highest BCUT2D eigenvalue weighted by Crippen LogP contribution is 2.30. The fraction of sp³-hybridized carbons (Fsp3) is 0.800. The molecule has 0 bridgehead atoms. The van der Waals surface area contributed by atoms with Crippen LogP contribution in [0.1, 0.15) is 90.2 Å². The summed E-state index contributed by atoms with van der Waals surface area (Å²) in [4.78, 5) is 36.9. The number of carbonyl (C=O) groups is 1. The van der Waals surface area contributed by atoms with E-state index in [0.717, 1.165) is 38.5 Å². The molecule has 0 aliphatic carbocycles. The van der Waals surface area contributed by atoms with Crippen molar-refractivity contribution in [1.29, 1.82) is 0 Å². The average molecular weight is 499 g/mol. The Bertz CT molecular complexity index is 839. The first-order valence-electron chi connectivity index (χ1n) is 13.0. The highest BCUT2D eigenvalue weighted by atomic mass is 16.6. The second kappa shape index (κ2) is 16.6. The zero-order valence-corrected chi connectivity index (χ0v) is 20.9. The van der Waals surface area contributed by atoms with Gasteiger partial charge < -0.3 is 24.4 Å². The average Bonchev–Trinajstić information content (AvgIpc) is 3.14. The van der Waals surface area contributed by atoms with Gasteiger partial charge in [0.2, 0.25) is 0 Å². The molecule has 0 radical (unpaired) electrons. The quantitative estimate of drug-likeness (QED) is 0.207. The maximum atomic E-state index is 12.1. The molecule has 0 saturated carbocycles. The van der Waals surface area contributed by atoms with Crippen molar-refractivity contribution >= 4 is 5.97 Å². The Labute approximate surface area is 206 Å². The Hall–Kier alpha value is -2.01. The number of hydrogen-bond acceptors (Lipinski definition) is 8. The molecule has 1 fully saturated rings. The fourth-order valence-electron chi connectivity index (χ4n) is 4.32. The SMILES string of the molecule is CCOC(=O)CCCCCCCCCCCCCOC1C(O)C(CO)OC1n1ccc(=O)[nH]c1=O. The first-order valence-corrected chi connectivity index (χ1v) is 13.0. The third-order valence-corrected chi connectivity index (χ3v) is 6.26. The van der Waals surface area contributed by atoms with Gasteiger partial charge in [-0.15, -0.1) is 0 Å². The van der Waals surface area contributed by atoms with Gasteiger partial charge >= 0.3 is 11.7 Å². The molecule has 2 heterocycles. The zero-order chi connectivity index (χ0) is 25.5. The Morgan fingerprint density at radius 2 is 1.63 bits per heavy atom. The molecule has 4 atom stereocenters. The van der Waals surface area contributed by atoms with Crippen LogP contribution in [0, 0.1) is 0 Å². The number of rotatable bonds is 18. The van der Waals surface area contributed by atoms with Gasteiger partial charge in [0, 0.05) is 25.3 Å². The van der Waals surface area contributed by atoms with Crippen LogP contribution in [0.25, 0.3) is 0 Å². The van der Waals surface area contributed by atoms with Crippen molar-refractivity contribution in [2.75, 3.05) is 19.8 Å². The molecule has 1 aliphatic heterocycles. The number of carbonyl (C=O) groups excluding carboxylic acids is 1. The maximum Gasteiger partial charge on any atom is 0.330 e. The number of H-pyrrole nitrogens is 1. The van der Waals surface area contributed by atoms with Crippen LogP contribution in [0.5, 0.6) is 0 Å². The van der Waals surface area contributed by atoms with Gasteiger partial charge in [-0.1, -0.05) is 57.8 Å². The maximum absolute atomic E-state index is 12.1. The van der Waals surface area contributed by atoms with Gasteiger partial charge in [0.25, 0.3) is 5.56 Å². The van der Waals surface area contributed by atoms with Crippen molar-refractivity contribution in [3.05, 3.63) is 33.1 Å². The van der Waals surface area contributed by atoms with Gasteiger partial charge in [-0.2, -0.15) is 0 Å². The van der Waals surface area contributed by atoms with Gasteiger partial charge in [0.1, 0.15) is 18.3 Å². The molecule has 3 N–H and O–H groups in total. The highest BCUT2D eigenvalue weighted by Gasteiger charge is 2.45. The number of nitrogens with one attached hydrogen (secondary N) is 1. The highest BCUT2D eigenvalue weighted by molar-refractivity contribution is 5.69. The van der Waals surface area contributed by atoms with Gasteiger partial charge in [0.15, 0.2) is 6.23 Å². The van der Waals surface area contributed by atoms with Crippen LogP contribution in [0.15, 0.2) is 21.9 Å². The van der Waals surface area contributed by atoms with E-state index in [1.807, 2.05) is 6.92 Å². The minimum atomic E-state index is -1.08. The molecule has 0 spiro atoms. The van der Waals surface area contributed by atoms with Crippen molar-refractivity contribution in [1.82, 2.24) is 9.55 Å². The third-order valence-electron chi connectivity index (χ3n) is 6.26. The summed E-state index contributed by atoms with van der Waals surface area (Å²) in [6.07, 6.45) is 10.3. The minimum absolute atomic E-state index is 0.0935. The van der Waals surface area contributed by atoms with E-state index in [1.165, 1.54) is 48.9 Å². The lowest BCUT2D eigenvalue weighted by molar-refractivity contribution is -0.143. The number of nitrogens with zero attached hydrogens (tertiary/aromatic N) is 1. The van der Waals surface area contributed by atoms with Crippen LogP contribution in [0.3, 0.4) is 0 Å². The lowest BCUT2D eigenvalue weighted by Gasteiger charge is -2.22. The third kappa shape index (κ3) is 10.2. The van der Waals surface area contributed by atoms with E-state index >= 15 is 0 Å². The molecule has 10 nitrogen and oxygen atoms in total. The van der Waals surface area contributed by atoms with Gasteiger partial charge in [-0.3, -0.25) is 19.1 Å². The summed E-state index contributed by atoms with van der Waals surface area (Å²) in [6.45, 7) is 2.29. The van der Waals surface area contributed by atoms with E-state index < -0.39 is 42.4 Å². The van der Waals surface area contributed by atoms with E-state index in [4.69, 9.17) is 14.2 Å². The second-order valence-electron chi connectivity index (χ2n) is 9.04. The van der Waals surface area contributed by atoms with Crippen molar-refractivity contribution < 1.29 is 29.2 Å². The molecule has 0 amide bonds. The zero-order valence-electron chi connectivity index (χ0n) is 20.9. The predicted octanol–water partition coefficient (Wildman–Crippen LogP) is 2.42. The van der Waals surface area contributed by atoms with Crippen molar-refractivity contribution in [3.8, 4) is 0 Å². The molecule has 1 aromatic rings. The first-order chi connectivity index (χ1) is 17.0. The smallest absolute Gasteiger partial charge is 0.330 e. The Kier molecular flexibility index (Phi) is 13.9. The molecule has 10 heteroatoms. The van der Waals surface area contributed by atoms with Crippen LogP contribution in [-0.4, -0.2) is 63.9 Å². The van der Waals surface area contributed by atoms with Gasteiger partial charge in [-0.25, -0.2) is 4.79 Å². The summed E-state index contributed by atoms with van der Waals surface area (Å²) >= 11 is 0. The van der Waals surface area contributed by atoms with Crippen LogP contribution in [0.4, 0.5) is 0 Å². The lowest BCUT2D eigenvalue weighted by atomic mass is 10.1. The summed E-state index contributed by atoms with van der Waals surface area (Å²) in [5.74, 6) is -0.0935. The number of ether oxygens (including phenoxy) is 3. The van der Waals surface area contributed by atoms with E-state index in [-0.39, 0.29) is 5.97 Å². The number of aromatic nitrogens is 2. The van der Waals surface area contributed by atoms with Crippen molar-refractivity contribution in [2.24, 2.45) is 0 Å². The number of unbranched alkanes of at least 4 members (excludes halogenated alkanes) is 10. The van der Waals surface area contributed by atoms with Gasteiger partial charge in [0.05, 0.1) is 13.2 Å². The summed E-state index contributed by atoms with van der Waals surface area (Å²) < 4.78 is 17.6. The van der Waals surface area contributed by atoms with Crippen LogP contribution < -0.4 is 11.2 Å². The number of aliphatic hydroxyl groups excluding tert-OH is 2. The number of aliphatic hydroxyl groups is 2. The first kappa shape index (κ1) is 29.2. The molecule has 1 aliphatic rings.